The van der Waals surface area contributed by atoms with E-state index in [4.69, 9.17) is 16.3 Å². The van der Waals surface area contributed by atoms with Crippen LogP contribution in [0, 0.1) is 28.6 Å². The van der Waals surface area contributed by atoms with Crippen LogP contribution in [0.4, 0.5) is 0 Å². The first-order chi connectivity index (χ1) is 11.9. The molecule has 4 rings (SSSR count). The summed E-state index contributed by atoms with van der Waals surface area (Å²) < 4.78 is 5.51. The number of hydrogen-bond acceptors (Lipinski definition) is 3. The fourth-order valence-corrected chi connectivity index (χ4v) is 6.78. The molecule has 3 fully saturated rings. The predicted molar refractivity (Wildman–Crippen MR) is 97.3 cm³/mol. The van der Waals surface area contributed by atoms with Gasteiger partial charge in [-0.15, -0.1) is 11.6 Å². The highest BCUT2D eigenvalue weighted by Gasteiger charge is 2.58. The highest BCUT2D eigenvalue weighted by molar-refractivity contribution is 6.26. The van der Waals surface area contributed by atoms with Crippen molar-refractivity contribution in [3.63, 3.8) is 0 Å². The summed E-state index contributed by atoms with van der Waals surface area (Å²) >= 11 is 5.59. The molecule has 0 saturated heterocycles. The van der Waals surface area contributed by atoms with E-state index in [-0.39, 0.29) is 28.8 Å². The molecule has 138 valence electrons. The van der Waals surface area contributed by atoms with Crippen LogP contribution in [-0.4, -0.2) is 23.7 Å². The van der Waals surface area contributed by atoms with E-state index >= 15 is 0 Å². The molecule has 0 unspecified atom stereocenters. The van der Waals surface area contributed by atoms with Crippen LogP contribution in [0.1, 0.15) is 65.2 Å². The van der Waals surface area contributed by atoms with Gasteiger partial charge in [0.05, 0.1) is 0 Å². The SMILES string of the molecule is C[C@]12CC[C@H](OC(=O)CCl)CC1=CC[C@H]1[C@H]2CC[C@]2(C)C(=O)CC[C@H]12. The van der Waals surface area contributed by atoms with Crippen molar-refractivity contribution >= 4 is 23.4 Å². The maximum absolute atomic E-state index is 12.5. The first kappa shape index (κ1) is 17.6. The quantitative estimate of drug-likeness (QED) is 0.406. The highest BCUT2D eigenvalue weighted by atomic mass is 35.5. The van der Waals surface area contributed by atoms with E-state index in [2.05, 4.69) is 19.9 Å². The topological polar surface area (TPSA) is 43.4 Å². The van der Waals surface area contributed by atoms with E-state index in [1.807, 2.05) is 0 Å². The molecule has 0 N–H and O–H groups in total. The molecule has 6 atom stereocenters. The third kappa shape index (κ3) is 2.60. The molecule has 0 aromatic carbocycles. The Morgan fingerprint density at radius 3 is 2.68 bits per heavy atom. The Hall–Kier alpha value is -0.830. The molecule has 0 amide bonds. The third-order valence-corrected chi connectivity index (χ3v) is 8.39. The third-order valence-electron chi connectivity index (χ3n) is 8.17. The summed E-state index contributed by atoms with van der Waals surface area (Å²) in [5.74, 6) is 2.04. The second-order valence-electron chi connectivity index (χ2n) is 9.17. The van der Waals surface area contributed by atoms with Crippen molar-refractivity contribution in [3.05, 3.63) is 11.6 Å². The van der Waals surface area contributed by atoms with Gasteiger partial charge in [0.2, 0.25) is 0 Å². The normalized spacial score (nSPS) is 45.9. The zero-order valence-electron chi connectivity index (χ0n) is 15.4. The first-order valence-electron chi connectivity index (χ1n) is 9.87. The summed E-state index contributed by atoms with van der Waals surface area (Å²) in [5.41, 5.74) is 1.65. The number of Topliss-reactive ketones (excluding diaryl/α,β-unsaturated/α-hetero) is 1. The van der Waals surface area contributed by atoms with Gasteiger partial charge in [-0.3, -0.25) is 9.59 Å². The van der Waals surface area contributed by atoms with Crippen LogP contribution >= 0.6 is 11.6 Å². The van der Waals surface area contributed by atoms with Crippen LogP contribution in [0.25, 0.3) is 0 Å². The number of fused-ring (bicyclic) bond motifs is 5. The van der Waals surface area contributed by atoms with Crippen LogP contribution < -0.4 is 0 Å². The Bertz CT molecular complexity index is 627. The summed E-state index contributed by atoms with van der Waals surface area (Å²) in [7, 11) is 0. The Balaban J connectivity index is 1.56. The molecule has 4 heteroatoms. The summed E-state index contributed by atoms with van der Waals surface area (Å²) in [5, 5.41) is 0. The molecule has 0 aliphatic heterocycles. The van der Waals surface area contributed by atoms with Crippen LogP contribution in [0.2, 0.25) is 0 Å². The maximum atomic E-state index is 12.5. The first-order valence-corrected chi connectivity index (χ1v) is 10.4. The number of allylic oxidation sites excluding steroid dienone is 1. The minimum absolute atomic E-state index is 0.0101. The van der Waals surface area contributed by atoms with Gasteiger partial charge in [0.1, 0.15) is 17.8 Å². The number of carbonyl (C=O) groups excluding carboxylic acids is 2. The van der Waals surface area contributed by atoms with E-state index in [0.29, 0.717) is 23.5 Å². The number of esters is 1. The molecule has 0 spiro atoms. The van der Waals surface area contributed by atoms with Crippen molar-refractivity contribution in [1.29, 1.82) is 0 Å². The van der Waals surface area contributed by atoms with Gasteiger partial charge in [-0.1, -0.05) is 25.5 Å². The van der Waals surface area contributed by atoms with Crippen LogP contribution in [0.15, 0.2) is 11.6 Å². The molecule has 0 heterocycles. The van der Waals surface area contributed by atoms with E-state index in [0.717, 1.165) is 44.9 Å². The van der Waals surface area contributed by atoms with Gasteiger partial charge < -0.3 is 4.74 Å². The molecule has 25 heavy (non-hydrogen) atoms. The number of ketones is 1. The molecular formula is C21H29ClO3. The summed E-state index contributed by atoms with van der Waals surface area (Å²) in [4.78, 5) is 24.0. The molecule has 0 aromatic rings. The van der Waals surface area contributed by atoms with Crippen LogP contribution in [0.5, 0.6) is 0 Å². The number of halogens is 1. The van der Waals surface area contributed by atoms with E-state index in [1.54, 1.807) is 0 Å². The monoisotopic (exact) mass is 364 g/mol. The van der Waals surface area contributed by atoms with Gasteiger partial charge in [-0.05, 0) is 61.7 Å². The fourth-order valence-electron chi connectivity index (χ4n) is 6.72. The lowest BCUT2D eigenvalue weighted by Crippen LogP contribution is -2.50. The van der Waals surface area contributed by atoms with Gasteiger partial charge in [-0.25, -0.2) is 0 Å². The van der Waals surface area contributed by atoms with Crippen LogP contribution in [0.3, 0.4) is 0 Å². The van der Waals surface area contributed by atoms with Crippen molar-refractivity contribution in [2.45, 2.75) is 71.3 Å². The van der Waals surface area contributed by atoms with Gasteiger partial charge in [0.15, 0.2) is 0 Å². The second-order valence-corrected chi connectivity index (χ2v) is 9.43. The van der Waals surface area contributed by atoms with E-state index in [1.165, 1.54) is 12.0 Å². The largest absolute Gasteiger partial charge is 0.461 e. The van der Waals surface area contributed by atoms with Gasteiger partial charge in [0, 0.05) is 18.3 Å². The van der Waals surface area contributed by atoms with Crippen molar-refractivity contribution in [1.82, 2.24) is 0 Å². The highest BCUT2D eigenvalue weighted by Crippen LogP contribution is 2.64. The number of carbonyl (C=O) groups is 2. The summed E-state index contributed by atoms with van der Waals surface area (Å²) in [6, 6.07) is 0. The van der Waals surface area contributed by atoms with E-state index in [9.17, 15) is 9.59 Å². The fraction of sp³-hybridized carbons (Fsp3) is 0.810. The molecule has 3 nitrogen and oxygen atoms in total. The molecule has 0 aromatic heterocycles. The Kier molecular flexibility index (Phi) is 4.30. The number of alkyl halides is 1. The molecule has 0 bridgehead atoms. The number of hydrogen-bond donors (Lipinski definition) is 0. The smallest absolute Gasteiger partial charge is 0.321 e. The average molecular weight is 365 g/mol. The van der Waals surface area contributed by atoms with Gasteiger partial charge in [0.25, 0.3) is 0 Å². The zero-order chi connectivity index (χ0) is 17.8. The number of rotatable bonds is 2. The molecule has 3 saturated carbocycles. The lowest BCUT2D eigenvalue weighted by Gasteiger charge is -2.56. The van der Waals surface area contributed by atoms with Crippen molar-refractivity contribution in [3.8, 4) is 0 Å². The average Bonchev–Trinajstić information content (AvgIpc) is 2.90. The Morgan fingerprint density at radius 2 is 1.92 bits per heavy atom. The summed E-state index contributed by atoms with van der Waals surface area (Å²) in [6.45, 7) is 4.65. The molecule has 4 aliphatic carbocycles. The maximum Gasteiger partial charge on any atom is 0.321 e. The van der Waals surface area contributed by atoms with E-state index < -0.39 is 0 Å². The van der Waals surface area contributed by atoms with Crippen molar-refractivity contribution in [2.24, 2.45) is 28.6 Å². The standard InChI is InChI=1S/C21H29ClO3/c1-20-9-7-14(25-19(24)12-22)11-13(20)3-4-15-16-5-6-18(23)21(16,2)10-8-17(15)20/h3,14-17H,4-12H2,1-2H3/t14-,15+,16+,17+,20-,21-/m0/s1. The van der Waals surface area contributed by atoms with Gasteiger partial charge in [-0.2, -0.15) is 0 Å². The van der Waals surface area contributed by atoms with Crippen molar-refractivity contribution < 1.29 is 14.3 Å². The predicted octanol–water partition coefficient (Wildman–Crippen LogP) is 4.67. The minimum atomic E-state index is -0.303. The lowest BCUT2D eigenvalue weighted by molar-refractivity contribution is -0.148. The zero-order valence-corrected chi connectivity index (χ0v) is 16.1. The molecule has 0 radical (unpaired) electrons. The summed E-state index contributed by atoms with van der Waals surface area (Å²) in [6.07, 6.45) is 10.5. The van der Waals surface area contributed by atoms with Crippen LogP contribution in [-0.2, 0) is 14.3 Å². The number of ether oxygens (including phenoxy) is 1. The minimum Gasteiger partial charge on any atom is -0.461 e. The van der Waals surface area contributed by atoms with Gasteiger partial charge >= 0.3 is 5.97 Å². The van der Waals surface area contributed by atoms with Crippen molar-refractivity contribution in [2.75, 3.05) is 5.88 Å². The molecular weight excluding hydrogens is 336 g/mol. The Labute approximate surface area is 155 Å². The molecule has 4 aliphatic rings. The second kappa shape index (κ2) is 6.11. The Morgan fingerprint density at radius 1 is 1.20 bits per heavy atom. The lowest BCUT2D eigenvalue weighted by atomic mass is 9.48.